The summed E-state index contributed by atoms with van der Waals surface area (Å²) in [4.78, 5) is 23.5. The maximum Gasteiger partial charge on any atom is 0.416 e. The van der Waals surface area contributed by atoms with E-state index < -0.39 is 29.1 Å². The van der Waals surface area contributed by atoms with Crippen molar-refractivity contribution in [2.75, 3.05) is 13.1 Å². The number of carbonyl (C=O) groups is 2. The number of carbonyl (C=O) groups excluding carboxylic acids is 2. The second-order valence-corrected chi connectivity index (χ2v) is 5.60. The fraction of sp³-hybridized carbons (Fsp3) is 0.500. The van der Waals surface area contributed by atoms with Crippen LogP contribution < -0.4 is 16.4 Å². The minimum absolute atomic E-state index is 0. The molecule has 0 bridgehead atoms. The number of halogens is 4. The van der Waals surface area contributed by atoms with Crippen LogP contribution in [-0.4, -0.2) is 30.4 Å². The molecule has 0 unspecified atom stereocenters. The quantitative estimate of drug-likeness (QED) is 0.678. The first kappa shape index (κ1) is 23.2. The largest absolute Gasteiger partial charge is 0.416 e. The molecule has 142 valence electrons. The van der Waals surface area contributed by atoms with Gasteiger partial charge < -0.3 is 16.4 Å². The van der Waals surface area contributed by atoms with E-state index in [1.54, 1.807) is 0 Å². The first-order valence-electron chi connectivity index (χ1n) is 7.62. The third-order valence-electron chi connectivity index (χ3n) is 3.93. The number of amides is 2. The highest BCUT2D eigenvalue weighted by Crippen LogP contribution is 2.29. The van der Waals surface area contributed by atoms with Crippen molar-refractivity contribution >= 4 is 24.2 Å². The lowest BCUT2D eigenvalue weighted by Gasteiger charge is -2.26. The Bertz CT molecular complexity index is 573. The molecular weight excluding hydrogens is 359 g/mol. The van der Waals surface area contributed by atoms with Crippen LogP contribution >= 0.6 is 12.4 Å². The van der Waals surface area contributed by atoms with Crippen molar-refractivity contribution in [1.29, 1.82) is 0 Å². The van der Waals surface area contributed by atoms with Gasteiger partial charge in [-0.3, -0.25) is 9.59 Å². The fourth-order valence-electron chi connectivity index (χ4n) is 1.91. The summed E-state index contributed by atoms with van der Waals surface area (Å²) in [7, 11) is 0. The van der Waals surface area contributed by atoms with Crippen molar-refractivity contribution in [3.63, 3.8) is 0 Å². The van der Waals surface area contributed by atoms with Crippen LogP contribution in [0.2, 0.25) is 0 Å². The second kappa shape index (κ2) is 9.62. The molecular formula is C16H23ClF3N3O2. The molecule has 1 aromatic rings. The SMILES string of the molecule is CCC(N)(CC)CNC(=O)CNC(=O)c1ccc(C(F)(F)F)cc1.Cl. The molecule has 0 aliphatic carbocycles. The highest BCUT2D eigenvalue weighted by atomic mass is 35.5. The zero-order chi connectivity index (χ0) is 18.4. The molecule has 4 N–H and O–H groups in total. The molecule has 0 saturated carbocycles. The summed E-state index contributed by atoms with van der Waals surface area (Å²) in [6.45, 7) is 3.85. The summed E-state index contributed by atoms with van der Waals surface area (Å²) in [5.74, 6) is -1.03. The van der Waals surface area contributed by atoms with E-state index in [-0.39, 0.29) is 31.1 Å². The molecule has 0 radical (unpaired) electrons. The van der Waals surface area contributed by atoms with Gasteiger partial charge in [0, 0.05) is 17.6 Å². The van der Waals surface area contributed by atoms with Crippen molar-refractivity contribution < 1.29 is 22.8 Å². The van der Waals surface area contributed by atoms with Crippen molar-refractivity contribution in [3.8, 4) is 0 Å². The Morgan fingerprint density at radius 3 is 2.00 bits per heavy atom. The van der Waals surface area contributed by atoms with Gasteiger partial charge >= 0.3 is 6.18 Å². The van der Waals surface area contributed by atoms with E-state index in [9.17, 15) is 22.8 Å². The van der Waals surface area contributed by atoms with Crippen LogP contribution in [0, 0.1) is 0 Å². The van der Waals surface area contributed by atoms with Crippen molar-refractivity contribution in [1.82, 2.24) is 10.6 Å². The minimum atomic E-state index is -4.46. The van der Waals surface area contributed by atoms with Crippen molar-refractivity contribution in [3.05, 3.63) is 35.4 Å². The summed E-state index contributed by atoms with van der Waals surface area (Å²) >= 11 is 0. The first-order chi connectivity index (χ1) is 11.1. The van der Waals surface area contributed by atoms with Gasteiger partial charge in [0.25, 0.3) is 5.91 Å². The van der Waals surface area contributed by atoms with Gasteiger partial charge in [0.05, 0.1) is 12.1 Å². The van der Waals surface area contributed by atoms with Gasteiger partial charge in [-0.2, -0.15) is 13.2 Å². The Morgan fingerprint density at radius 1 is 1.04 bits per heavy atom. The van der Waals surface area contributed by atoms with Crippen LogP contribution in [0.25, 0.3) is 0 Å². The third kappa shape index (κ3) is 7.31. The van der Waals surface area contributed by atoms with Crippen LogP contribution in [0.15, 0.2) is 24.3 Å². The Labute approximate surface area is 150 Å². The van der Waals surface area contributed by atoms with E-state index in [4.69, 9.17) is 5.73 Å². The minimum Gasteiger partial charge on any atom is -0.353 e. The van der Waals surface area contributed by atoms with E-state index in [0.29, 0.717) is 12.8 Å². The van der Waals surface area contributed by atoms with Crippen LogP contribution in [0.1, 0.15) is 42.6 Å². The van der Waals surface area contributed by atoms with Gasteiger partial charge in [-0.15, -0.1) is 12.4 Å². The number of nitrogens with one attached hydrogen (secondary N) is 2. The molecule has 1 rings (SSSR count). The summed E-state index contributed by atoms with van der Waals surface area (Å²) in [6.07, 6.45) is -3.06. The van der Waals surface area contributed by atoms with Gasteiger partial charge in [0.2, 0.25) is 5.91 Å². The number of rotatable bonds is 7. The third-order valence-corrected chi connectivity index (χ3v) is 3.93. The van der Waals surface area contributed by atoms with Crippen molar-refractivity contribution in [2.45, 2.75) is 38.4 Å². The maximum absolute atomic E-state index is 12.5. The average molecular weight is 382 g/mol. The molecule has 0 spiro atoms. The second-order valence-electron chi connectivity index (χ2n) is 5.60. The molecule has 0 aliphatic heterocycles. The average Bonchev–Trinajstić information content (AvgIpc) is 2.56. The Balaban J connectivity index is 0.00000576. The van der Waals surface area contributed by atoms with E-state index in [0.717, 1.165) is 24.3 Å². The standard InChI is InChI=1S/C16H22F3N3O2.ClH/c1-3-15(20,4-2)10-22-13(23)9-21-14(24)11-5-7-12(8-6-11)16(17,18)19;/h5-8H,3-4,9-10,20H2,1-2H3,(H,21,24)(H,22,23);1H. The molecule has 25 heavy (non-hydrogen) atoms. The molecule has 0 fully saturated rings. The van der Waals surface area contributed by atoms with Crippen LogP contribution in [0.5, 0.6) is 0 Å². The summed E-state index contributed by atoms with van der Waals surface area (Å²) in [5.41, 5.74) is 4.76. The molecule has 0 aliphatic rings. The smallest absolute Gasteiger partial charge is 0.353 e. The van der Waals surface area contributed by atoms with Gasteiger partial charge in [0.1, 0.15) is 0 Å². The van der Waals surface area contributed by atoms with Crippen LogP contribution in [0.3, 0.4) is 0 Å². The molecule has 9 heteroatoms. The lowest BCUT2D eigenvalue weighted by Crippen LogP contribution is -2.50. The highest BCUT2D eigenvalue weighted by Gasteiger charge is 2.30. The lowest BCUT2D eigenvalue weighted by molar-refractivity contribution is -0.137. The Kier molecular flexibility index (Phi) is 8.93. The number of alkyl halides is 3. The first-order valence-corrected chi connectivity index (χ1v) is 7.62. The van der Waals surface area contributed by atoms with E-state index in [1.165, 1.54) is 0 Å². The molecule has 2 amide bonds. The van der Waals surface area contributed by atoms with Gasteiger partial charge in [-0.25, -0.2) is 0 Å². The molecule has 0 aromatic heterocycles. The number of nitrogens with two attached hydrogens (primary N) is 1. The summed E-state index contributed by atoms with van der Waals surface area (Å²) in [5, 5.41) is 4.99. The summed E-state index contributed by atoms with van der Waals surface area (Å²) < 4.78 is 37.4. The van der Waals surface area contributed by atoms with E-state index in [1.807, 2.05) is 13.8 Å². The van der Waals surface area contributed by atoms with Crippen LogP contribution in [0.4, 0.5) is 13.2 Å². The number of benzene rings is 1. The molecule has 0 saturated heterocycles. The predicted octanol–water partition coefficient (Wildman–Crippen LogP) is 2.49. The number of hydrogen-bond donors (Lipinski definition) is 3. The lowest BCUT2D eigenvalue weighted by atomic mass is 9.94. The normalized spacial score (nSPS) is 11.4. The molecule has 0 heterocycles. The van der Waals surface area contributed by atoms with Gasteiger partial charge in [0.15, 0.2) is 0 Å². The van der Waals surface area contributed by atoms with Gasteiger partial charge in [-0.1, -0.05) is 13.8 Å². The van der Waals surface area contributed by atoms with E-state index in [2.05, 4.69) is 10.6 Å². The van der Waals surface area contributed by atoms with Crippen LogP contribution in [-0.2, 0) is 11.0 Å². The van der Waals surface area contributed by atoms with E-state index >= 15 is 0 Å². The Hall–Kier alpha value is -1.80. The molecule has 0 atom stereocenters. The monoisotopic (exact) mass is 381 g/mol. The zero-order valence-corrected chi connectivity index (χ0v) is 14.9. The Morgan fingerprint density at radius 2 is 1.56 bits per heavy atom. The highest BCUT2D eigenvalue weighted by molar-refractivity contribution is 5.96. The molecule has 5 nitrogen and oxygen atoms in total. The predicted molar refractivity (Wildman–Crippen MR) is 91.5 cm³/mol. The molecule has 1 aromatic carbocycles. The zero-order valence-electron chi connectivity index (χ0n) is 14.1. The topological polar surface area (TPSA) is 84.2 Å². The summed E-state index contributed by atoms with van der Waals surface area (Å²) in [6, 6.07) is 3.77. The fourth-order valence-corrected chi connectivity index (χ4v) is 1.91. The van der Waals surface area contributed by atoms with Gasteiger partial charge in [-0.05, 0) is 37.1 Å². The van der Waals surface area contributed by atoms with Crippen molar-refractivity contribution in [2.24, 2.45) is 5.73 Å². The maximum atomic E-state index is 12.5. The number of hydrogen-bond acceptors (Lipinski definition) is 3.